The SMILES string of the molecule is CCCCCCCCCCCCN(C)CCCN1CCCC1=O. The third kappa shape index (κ3) is 10.8. The maximum Gasteiger partial charge on any atom is 0.222 e. The van der Waals surface area contributed by atoms with Crippen LogP contribution in [0.25, 0.3) is 0 Å². The molecular weight excluding hydrogens is 284 g/mol. The van der Waals surface area contributed by atoms with Crippen LogP contribution in [-0.2, 0) is 4.79 Å². The van der Waals surface area contributed by atoms with E-state index in [1.807, 2.05) is 4.90 Å². The number of unbranched alkanes of at least 4 members (excludes halogenated alkanes) is 9. The van der Waals surface area contributed by atoms with Crippen LogP contribution >= 0.6 is 0 Å². The van der Waals surface area contributed by atoms with Crippen molar-refractivity contribution >= 4 is 5.91 Å². The van der Waals surface area contributed by atoms with Crippen LogP contribution in [0, 0.1) is 0 Å². The van der Waals surface area contributed by atoms with Crippen LogP contribution in [-0.4, -0.2) is 48.9 Å². The molecule has 1 fully saturated rings. The first-order valence-corrected chi connectivity index (χ1v) is 10.2. The van der Waals surface area contributed by atoms with Gasteiger partial charge in [-0.3, -0.25) is 4.79 Å². The maximum absolute atomic E-state index is 11.5. The van der Waals surface area contributed by atoms with Gasteiger partial charge in [0.25, 0.3) is 0 Å². The molecule has 0 spiro atoms. The molecule has 1 rings (SSSR count). The highest BCUT2D eigenvalue weighted by Crippen LogP contribution is 2.11. The second kappa shape index (κ2) is 13.8. The summed E-state index contributed by atoms with van der Waals surface area (Å²) in [5.74, 6) is 0.363. The molecule has 0 aromatic carbocycles. The monoisotopic (exact) mass is 324 g/mol. The Morgan fingerprint density at radius 1 is 0.870 bits per heavy atom. The molecular formula is C20H40N2O. The van der Waals surface area contributed by atoms with Gasteiger partial charge >= 0.3 is 0 Å². The lowest BCUT2D eigenvalue weighted by Crippen LogP contribution is -2.29. The average Bonchev–Trinajstić information content (AvgIpc) is 2.94. The molecule has 3 heteroatoms. The minimum Gasteiger partial charge on any atom is -0.343 e. The van der Waals surface area contributed by atoms with E-state index in [9.17, 15) is 4.79 Å². The molecule has 0 unspecified atom stereocenters. The van der Waals surface area contributed by atoms with Gasteiger partial charge < -0.3 is 9.80 Å². The Kier molecular flexibility index (Phi) is 12.3. The lowest BCUT2D eigenvalue weighted by atomic mass is 10.1. The Morgan fingerprint density at radius 2 is 1.43 bits per heavy atom. The van der Waals surface area contributed by atoms with Crippen LogP contribution in [0.5, 0.6) is 0 Å². The van der Waals surface area contributed by atoms with Crippen LogP contribution < -0.4 is 0 Å². The van der Waals surface area contributed by atoms with E-state index in [2.05, 4.69) is 18.9 Å². The number of carbonyl (C=O) groups is 1. The van der Waals surface area contributed by atoms with Crippen LogP contribution in [0.2, 0.25) is 0 Å². The summed E-state index contributed by atoms with van der Waals surface area (Å²) in [6.45, 7) is 6.57. The molecule has 0 bridgehead atoms. The molecule has 0 atom stereocenters. The number of amides is 1. The molecule has 0 aromatic heterocycles. The van der Waals surface area contributed by atoms with Gasteiger partial charge in [0.05, 0.1) is 0 Å². The Labute approximate surface area is 144 Å². The molecule has 0 N–H and O–H groups in total. The Balaban J connectivity index is 1.81. The zero-order valence-electron chi connectivity index (χ0n) is 15.8. The first kappa shape index (κ1) is 20.5. The van der Waals surface area contributed by atoms with E-state index < -0.39 is 0 Å². The quantitative estimate of drug-likeness (QED) is 0.402. The van der Waals surface area contributed by atoms with E-state index in [0.717, 1.165) is 38.9 Å². The predicted octanol–water partition coefficient (Wildman–Crippen LogP) is 4.85. The molecule has 3 nitrogen and oxygen atoms in total. The van der Waals surface area contributed by atoms with Crippen LogP contribution in [0.4, 0.5) is 0 Å². The highest BCUT2D eigenvalue weighted by molar-refractivity contribution is 5.77. The molecule has 1 saturated heterocycles. The second-order valence-electron chi connectivity index (χ2n) is 7.32. The van der Waals surface area contributed by atoms with Crippen molar-refractivity contribution < 1.29 is 4.79 Å². The number of hydrogen-bond donors (Lipinski definition) is 0. The molecule has 23 heavy (non-hydrogen) atoms. The molecule has 0 aromatic rings. The number of likely N-dealkylation sites (tertiary alicyclic amines) is 1. The fraction of sp³-hybridized carbons (Fsp3) is 0.950. The first-order valence-electron chi connectivity index (χ1n) is 10.2. The minimum atomic E-state index is 0.363. The summed E-state index contributed by atoms with van der Waals surface area (Å²) in [6.07, 6.45) is 17.0. The highest BCUT2D eigenvalue weighted by Gasteiger charge is 2.19. The lowest BCUT2D eigenvalue weighted by Gasteiger charge is -2.19. The van der Waals surface area contributed by atoms with Crippen molar-refractivity contribution in [2.45, 2.75) is 90.4 Å². The van der Waals surface area contributed by atoms with E-state index in [1.54, 1.807) is 0 Å². The van der Waals surface area contributed by atoms with Crippen LogP contribution in [0.15, 0.2) is 0 Å². The van der Waals surface area contributed by atoms with Gasteiger partial charge in [0, 0.05) is 19.5 Å². The number of nitrogens with zero attached hydrogens (tertiary/aromatic N) is 2. The van der Waals surface area contributed by atoms with E-state index in [0.29, 0.717) is 5.91 Å². The summed E-state index contributed by atoms with van der Waals surface area (Å²) in [5, 5.41) is 0. The summed E-state index contributed by atoms with van der Waals surface area (Å²) in [5.41, 5.74) is 0. The van der Waals surface area contributed by atoms with Crippen LogP contribution in [0.3, 0.4) is 0 Å². The largest absolute Gasteiger partial charge is 0.343 e. The normalized spacial score (nSPS) is 15.1. The van der Waals surface area contributed by atoms with E-state index >= 15 is 0 Å². The highest BCUT2D eigenvalue weighted by atomic mass is 16.2. The van der Waals surface area contributed by atoms with Crippen molar-refractivity contribution in [1.82, 2.24) is 9.80 Å². The third-order valence-corrected chi connectivity index (χ3v) is 5.03. The van der Waals surface area contributed by atoms with Gasteiger partial charge in [0.2, 0.25) is 5.91 Å². The van der Waals surface area contributed by atoms with Gasteiger partial charge in [-0.2, -0.15) is 0 Å². The van der Waals surface area contributed by atoms with E-state index in [4.69, 9.17) is 0 Å². The van der Waals surface area contributed by atoms with Gasteiger partial charge in [-0.25, -0.2) is 0 Å². The Morgan fingerprint density at radius 3 is 2.00 bits per heavy atom. The third-order valence-electron chi connectivity index (χ3n) is 5.03. The van der Waals surface area contributed by atoms with E-state index in [1.165, 1.54) is 70.8 Å². The van der Waals surface area contributed by atoms with Crippen molar-refractivity contribution in [3.05, 3.63) is 0 Å². The van der Waals surface area contributed by atoms with E-state index in [-0.39, 0.29) is 0 Å². The van der Waals surface area contributed by atoms with Gasteiger partial charge in [0.15, 0.2) is 0 Å². The lowest BCUT2D eigenvalue weighted by molar-refractivity contribution is -0.127. The Hall–Kier alpha value is -0.570. The summed E-state index contributed by atoms with van der Waals surface area (Å²) < 4.78 is 0. The summed E-state index contributed by atoms with van der Waals surface area (Å²) >= 11 is 0. The summed E-state index contributed by atoms with van der Waals surface area (Å²) in [6, 6.07) is 0. The smallest absolute Gasteiger partial charge is 0.222 e. The number of carbonyl (C=O) groups excluding carboxylic acids is 1. The van der Waals surface area contributed by atoms with Gasteiger partial charge in [-0.15, -0.1) is 0 Å². The topological polar surface area (TPSA) is 23.6 Å². The van der Waals surface area contributed by atoms with Gasteiger partial charge in [-0.05, 0) is 39.4 Å². The Bertz CT molecular complexity index is 293. The average molecular weight is 325 g/mol. The zero-order valence-corrected chi connectivity index (χ0v) is 15.8. The van der Waals surface area contributed by atoms with Crippen molar-refractivity contribution in [1.29, 1.82) is 0 Å². The fourth-order valence-corrected chi connectivity index (χ4v) is 3.45. The van der Waals surface area contributed by atoms with Crippen molar-refractivity contribution in [3.8, 4) is 0 Å². The zero-order chi connectivity index (χ0) is 16.8. The van der Waals surface area contributed by atoms with Crippen molar-refractivity contribution in [2.24, 2.45) is 0 Å². The molecule has 0 aliphatic carbocycles. The summed E-state index contributed by atoms with van der Waals surface area (Å²) in [4.78, 5) is 16.0. The molecule has 0 radical (unpaired) electrons. The molecule has 136 valence electrons. The molecule has 1 aliphatic heterocycles. The van der Waals surface area contributed by atoms with Crippen molar-refractivity contribution in [2.75, 3.05) is 33.2 Å². The number of rotatable bonds is 15. The summed E-state index contributed by atoms with van der Waals surface area (Å²) in [7, 11) is 2.22. The predicted molar refractivity (Wildman–Crippen MR) is 99.8 cm³/mol. The molecule has 1 aliphatic rings. The maximum atomic E-state index is 11.5. The number of hydrogen-bond acceptors (Lipinski definition) is 2. The molecule has 1 heterocycles. The standard InChI is InChI=1S/C20H40N2O/c1-3-4-5-6-7-8-9-10-11-12-16-21(2)17-14-19-22-18-13-15-20(22)23/h3-19H2,1-2H3. The van der Waals surface area contributed by atoms with Crippen molar-refractivity contribution in [3.63, 3.8) is 0 Å². The first-order chi connectivity index (χ1) is 11.2. The molecule has 1 amide bonds. The minimum absolute atomic E-state index is 0.363. The molecule has 0 saturated carbocycles. The van der Waals surface area contributed by atoms with Crippen LogP contribution in [0.1, 0.15) is 90.4 Å². The second-order valence-corrected chi connectivity index (χ2v) is 7.32. The fourth-order valence-electron chi connectivity index (χ4n) is 3.45. The van der Waals surface area contributed by atoms with Gasteiger partial charge in [0.1, 0.15) is 0 Å². The van der Waals surface area contributed by atoms with Gasteiger partial charge in [-0.1, -0.05) is 64.7 Å².